The maximum atomic E-state index is 13.8. The minimum Gasteiger partial charge on any atom is -0.396 e. The number of nitrogens with zero attached hydrogens (tertiary/aromatic N) is 2. The number of hydrogen-bond acceptors (Lipinski definition) is 3. The zero-order chi connectivity index (χ0) is 15.1. The number of rotatable bonds is 1. The second-order valence-electron chi connectivity index (χ2n) is 5.94. The normalized spacial score (nSPS) is 26.0. The molecule has 2 bridgehead atoms. The highest BCUT2D eigenvalue weighted by atomic mass is 19.1. The first kappa shape index (κ1) is 14.3. The second kappa shape index (κ2) is 5.26. The topological polar surface area (TPSA) is 49.6 Å². The van der Waals surface area contributed by atoms with E-state index in [0.717, 1.165) is 25.3 Å². The molecule has 2 fully saturated rings. The van der Waals surface area contributed by atoms with Crippen LogP contribution in [0.25, 0.3) is 0 Å². The van der Waals surface area contributed by atoms with Crippen molar-refractivity contribution in [3.63, 3.8) is 0 Å². The molecule has 114 valence electrons. The van der Waals surface area contributed by atoms with Crippen LogP contribution >= 0.6 is 0 Å². The van der Waals surface area contributed by atoms with Crippen molar-refractivity contribution in [2.75, 3.05) is 25.9 Å². The highest BCUT2D eigenvalue weighted by Crippen LogP contribution is 2.29. The molecule has 1 amide bonds. The Morgan fingerprint density at radius 3 is 2.67 bits per heavy atom. The van der Waals surface area contributed by atoms with Crippen LogP contribution in [0.3, 0.4) is 0 Å². The molecule has 21 heavy (non-hydrogen) atoms. The maximum absolute atomic E-state index is 13.8. The SMILES string of the molecule is CN1C2CCC1CN(C(=O)c1cc(N)c(F)cc1F)CC2. The zero-order valence-electron chi connectivity index (χ0n) is 12.0. The molecule has 4 nitrogen and oxygen atoms in total. The average Bonchev–Trinajstić information content (AvgIpc) is 2.67. The summed E-state index contributed by atoms with van der Waals surface area (Å²) in [6.45, 7) is 1.18. The molecule has 2 aliphatic rings. The lowest BCUT2D eigenvalue weighted by Crippen LogP contribution is -2.40. The van der Waals surface area contributed by atoms with Crippen molar-refractivity contribution in [1.29, 1.82) is 0 Å². The lowest BCUT2D eigenvalue weighted by atomic mass is 10.1. The summed E-state index contributed by atoms with van der Waals surface area (Å²) < 4.78 is 27.1. The molecule has 0 aliphatic carbocycles. The van der Waals surface area contributed by atoms with E-state index in [-0.39, 0.29) is 11.3 Å². The van der Waals surface area contributed by atoms with Gasteiger partial charge >= 0.3 is 0 Å². The van der Waals surface area contributed by atoms with Crippen LogP contribution in [0, 0.1) is 11.6 Å². The largest absolute Gasteiger partial charge is 0.396 e. The minimum atomic E-state index is -0.852. The van der Waals surface area contributed by atoms with E-state index >= 15 is 0 Å². The molecular weight excluding hydrogens is 276 g/mol. The molecule has 0 aromatic heterocycles. The molecule has 2 heterocycles. The summed E-state index contributed by atoms with van der Waals surface area (Å²) in [6, 6.07) is 2.59. The predicted octanol–water partition coefficient (Wildman–Crippen LogP) is 1.86. The molecule has 6 heteroatoms. The molecule has 0 saturated carbocycles. The maximum Gasteiger partial charge on any atom is 0.256 e. The van der Waals surface area contributed by atoms with Crippen LogP contribution in [0.4, 0.5) is 14.5 Å². The third-order valence-corrected chi connectivity index (χ3v) is 4.75. The summed E-state index contributed by atoms with van der Waals surface area (Å²) in [5.41, 5.74) is 5.10. The summed E-state index contributed by atoms with van der Waals surface area (Å²) in [6.07, 6.45) is 3.09. The molecule has 2 unspecified atom stereocenters. The Kier molecular flexibility index (Phi) is 3.57. The Hall–Kier alpha value is -1.69. The molecule has 1 aromatic carbocycles. The Bertz CT molecular complexity index is 578. The third kappa shape index (κ3) is 2.48. The van der Waals surface area contributed by atoms with Crippen LogP contribution in [0.5, 0.6) is 0 Å². The van der Waals surface area contributed by atoms with Gasteiger partial charge in [-0.2, -0.15) is 0 Å². The van der Waals surface area contributed by atoms with Gasteiger partial charge in [0, 0.05) is 31.2 Å². The number of nitrogens with two attached hydrogens (primary N) is 1. The van der Waals surface area contributed by atoms with Crippen LogP contribution in [-0.2, 0) is 0 Å². The number of fused-ring (bicyclic) bond motifs is 2. The molecule has 2 aliphatic heterocycles. The van der Waals surface area contributed by atoms with Crippen molar-refractivity contribution >= 4 is 11.6 Å². The van der Waals surface area contributed by atoms with E-state index in [1.54, 1.807) is 4.90 Å². The monoisotopic (exact) mass is 295 g/mol. The Labute approximate surface area is 122 Å². The average molecular weight is 295 g/mol. The molecule has 2 N–H and O–H groups in total. The Morgan fingerprint density at radius 2 is 1.90 bits per heavy atom. The number of hydrogen-bond donors (Lipinski definition) is 1. The van der Waals surface area contributed by atoms with Gasteiger partial charge in [0.2, 0.25) is 0 Å². The minimum absolute atomic E-state index is 0.144. The number of amides is 1. The van der Waals surface area contributed by atoms with Gasteiger partial charge in [0.05, 0.1) is 11.3 Å². The fourth-order valence-electron chi connectivity index (χ4n) is 3.39. The van der Waals surface area contributed by atoms with Gasteiger partial charge in [-0.1, -0.05) is 0 Å². The molecule has 0 radical (unpaired) electrons. The fraction of sp³-hybridized carbons (Fsp3) is 0.533. The number of nitrogen functional groups attached to an aromatic ring is 1. The van der Waals surface area contributed by atoms with E-state index in [1.165, 1.54) is 0 Å². The van der Waals surface area contributed by atoms with Crippen molar-refractivity contribution in [3.8, 4) is 0 Å². The van der Waals surface area contributed by atoms with Gasteiger partial charge in [0.15, 0.2) is 0 Å². The first-order valence-corrected chi connectivity index (χ1v) is 7.23. The summed E-state index contributed by atoms with van der Waals surface area (Å²) >= 11 is 0. The number of anilines is 1. The van der Waals surface area contributed by atoms with E-state index in [0.29, 0.717) is 31.2 Å². The number of carbonyl (C=O) groups excluding carboxylic acids is 1. The van der Waals surface area contributed by atoms with Crippen LogP contribution in [0.1, 0.15) is 29.6 Å². The summed E-state index contributed by atoms with van der Waals surface area (Å²) in [5.74, 6) is -2.09. The van der Waals surface area contributed by atoms with E-state index in [1.807, 2.05) is 0 Å². The van der Waals surface area contributed by atoms with Gasteiger partial charge in [-0.15, -0.1) is 0 Å². The Balaban J connectivity index is 1.84. The van der Waals surface area contributed by atoms with E-state index < -0.39 is 17.5 Å². The van der Waals surface area contributed by atoms with Gasteiger partial charge in [0.25, 0.3) is 5.91 Å². The first-order valence-electron chi connectivity index (χ1n) is 7.23. The number of carbonyl (C=O) groups is 1. The zero-order valence-corrected chi connectivity index (χ0v) is 12.0. The van der Waals surface area contributed by atoms with E-state index in [9.17, 15) is 13.6 Å². The van der Waals surface area contributed by atoms with Crippen LogP contribution in [0.2, 0.25) is 0 Å². The second-order valence-corrected chi connectivity index (χ2v) is 5.94. The van der Waals surface area contributed by atoms with Crippen molar-refractivity contribution in [1.82, 2.24) is 9.80 Å². The molecule has 0 spiro atoms. The third-order valence-electron chi connectivity index (χ3n) is 4.75. The predicted molar refractivity (Wildman–Crippen MR) is 75.9 cm³/mol. The van der Waals surface area contributed by atoms with Crippen molar-refractivity contribution < 1.29 is 13.6 Å². The molecule has 2 saturated heterocycles. The van der Waals surface area contributed by atoms with Crippen molar-refractivity contribution in [2.45, 2.75) is 31.3 Å². The summed E-state index contributed by atoms with van der Waals surface area (Å²) in [4.78, 5) is 16.5. The lowest BCUT2D eigenvalue weighted by molar-refractivity contribution is 0.0735. The fourth-order valence-corrected chi connectivity index (χ4v) is 3.39. The van der Waals surface area contributed by atoms with Gasteiger partial charge in [-0.05, 0) is 32.4 Å². The number of likely N-dealkylation sites (tertiary alicyclic amines) is 1. The standard InChI is InChI=1S/C15H19F2N3O/c1-19-9-2-3-10(19)8-20(5-4-9)15(21)11-6-14(18)13(17)7-12(11)16/h6-7,9-10H,2-5,8,18H2,1H3. The molecule has 2 atom stereocenters. The van der Waals surface area contributed by atoms with E-state index in [2.05, 4.69) is 11.9 Å². The van der Waals surface area contributed by atoms with Crippen LogP contribution < -0.4 is 5.73 Å². The quantitative estimate of drug-likeness (QED) is 0.805. The van der Waals surface area contributed by atoms with Crippen LogP contribution in [-0.4, -0.2) is 47.9 Å². The van der Waals surface area contributed by atoms with Crippen molar-refractivity contribution in [2.24, 2.45) is 0 Å². The molecule has 1 aromatic rings. The van der Waals surface area contributed by atoms with Gasteiger partial charge < -0.3 is 10.6 Å². The van der Waals surface area contributed by atoms with Gasteiger partial charge in [-0.25, -0.2) is 8.78 Å². The smallest absolute Gasteiger partial charge is 0.256 e. The van der Waals surface area contributed by atoms with Crippen molar-refractivity contribution in [3.05, 3.63) is 29.3 Å². The number of halogens is 2. The summed E-state index contributed by atoms with van der Waals surface area (Å²) in [5, 5.41) is 0. The van der Waals surface area contributed by atoms with Gasteiger partial charge in [-0.3, -0.25) is 9.69 Å². The summed E-state index contributed by atoms with van der Waals surface area (Å²) in [7, 11) is 2.08. The number of benzene rings is 1. The lowest BCUT2D eigenvalue weighted by Gasteiger charge is -2.26. The van der Waals surface area contributed by atoms with Gasteiger partial charge in [0.1, 0.15) is 11.6 Å². The first-order chi connectivity index (χ1) is 9.97. The highest BCUT2D eigenvalue weighted by Gasteiger charge is 2.36. The highest BCUT2D eigenvalue weighted by molar-refractivity contribution is 5.95. The van der Waals surface area contributed by atoms with E-state index in [4.69, 9.17) is 5.73 Å². The Morgan fingerprint density at radius 1 is 1.19 bits per heavy atom. The molecular formula is C15H19F2N3O. The number of likely N-dealkylation sites (N-methyl/N-ethyl adjacent to an activating group) is 1. The molecule has 3 rings (SSSR count). The van der Waals surface area contributed by atoms with Crippen LogP contribution in [0.15, 0.2) is 12.1 Å².